The molecule has 0 aliphatic rings. The van der Waals surface area contributed by atoms with Crippen molar-refractivity contribution in [2.75, 3.05) is 13.3 Å². The van der Waals surface area contributed by atoms with Crippen LogP contribution in [0.1, 0.15) is 27.5 Å². The quantitative estimate of drug-likeness (QED) is 0.663. The number of nitrogens with two attached hydrogens (primary N) is 1. The van der Waals surface area contributed by atoms with Crippen molar-refractivity contribution in [2.24, 2.45) is 10.7 Å². The molecule has 1 aromatic heterocycles. The molecule has 3 aromatic rings. The number of thiazole rings is 1. The van der Waals surface area contributed by atoms with Gasteiger partial charge in [-0.05, 0) is 42.3 Å². The summed E-state index contributed by atoms with van der Waals surface area (Å²) in [7, 11) is -1.80. The average Bonchev–Trinajstić information content (AvgIpc) is 3.02. The van der Waals surface area contributed by atoms with Gasteiger partial charge in [0, 0.05) is 24.6 Å². The van der Waals surface area contributed by atoms with Crippen LogP contribution in [0.4, 0.5) is 0 Å². The third-order valence-corrected chi connectivity index (χ3v) is 6.95. The minimum Gasteiger partial charge on any atom is -0.366 e. The molecule has 1 unspecified atom stereocenters. The van der Waals surface area contributed by atoms with E-state index >= 15 is 0 Å². The van der Waals surface area contributed by atoms with Crippen molar-refractivity contribution in [3.63, 3.8) is 0 Å². The van der Waals surface area contributed by atoms with Crippen molar-refractivity contribution >= 4 is 43.0 Å². The van der Waals surface area contributed by atoms with Crippen LogP contribution < -0.4 is 5.73 Å². The molecule has 0 bridgehead atoms. The highest BCUT2D eigenvalue weighted by Crippen LogP contribution is 2.34. The lowest BCUT2D eigenvalue weighted by Crippen LogP contribution is -2.19. The molecule has 2 N–H and O–H groups in total. The van der Waals surface area contributed by atoms with Crippen LogP contribution >= 0.6 is 11.3 Å². The Kier molecular flexibility index (Phi) is 5.12. The Morgan fingerprint density at radius 2 is 1.78 bits per heavy atom. The molecule has 1 atom stereocenters. The SMILES string of the molecule is CN=C(C)C(c1nc2ccc(-c3ccc(C(N)=O)cc3)cc2s1)S(C)(=O)=O. The van der Waals surface area contributed by atoms with Crippen LogP contribution in [0, 0.1) is 0 Å². The molecule has 1 amide bonds. The molecule has 3 rings (SSSR count). The van der Waals surface area contributed by atoms with Crippen LogP contribution in [-0.4, -0.2) is 38.3 Å². The zero-order valence-corrected chi connectivity index (χ0v) is 16.8. The Labute approximate surface area is 161 Å². The van der Waals surface area contributed by atoms with Gasteiger partial charge in [0.15, 0.2) is 9.84 Å². The number of fused-ring (bicyclic) bond motifs is 1. The Morgan fingerprint density at radius 1 is 1.15 bits per heavy atom. The van der Waals surface area contributed by atoms with E-state index in [1.54, 1.807) is 26.1 Å². The van der Waals surface area contributed by atoms with Crippen molar-refractivity contribution < 1.29 is 13.2 Å². The Bertz CT molecular complexity index is 1150. The molecule has 0 saturated carbocycles. The van der Waals surface area contributed by atoms with Gasteiger partial charge in [-0.25, -0.2) is 13.4 Å². The smallest absolute Gasteiger partial charge is 0.248 e. The largest absolute Gasteiger partial charge is 0.366 e. The number of hydrogen-bond donors (Lipinski definition) is 1. The molecule has 0 aliphatic heterocycles. The van der Waals surface area contributed by atoms with Gasteiger partial charge >= 0.3 is 0 Å². The lowest BCUT2D eigenvalue weighted by Gasteiger charge is -2.11. The molecule has 1 heterocycles. The predicted molar refractivity (Wildman–Crippen MR) is 110 cm³/mol. The van der Waals surface area contributed by atoms with Crippen LogP contribution in [0.15, 0.2) is 47.5 Å². The number of carbonyl (C=O) groups excluding carboxylic acids is 1. The number of nitrogens with zero attached hydrogens (tertiary/aromatic N) is 2. The second kappa shape index (κ2) is 7.21. The van der Waals surface area contributed by atoms with Gasteiger partial charge in [-0.3, -0.25) is 9.79 Å². The first-order valence-electron chi connectivity index (χ1n) is 8.13. The van der Waals surface area contributed by atoms with Crippen molar-refractivity contribution in [1.29, 1.82) is 0 Å². The standard InChI is InChI=1S/C19H19N3O3S2/c1-11(21-2)17(27(3,24)25)19-22-15-9-8-14(10-16(15)26-19)12-4-6-13(7-5-12)18(20)23/h4-10,17H,1-3H3,(H2,20,23). The molecular formula is C19H19N3O3S2. The third kappa shape index (κ3) is 3.91. The van der Waals surface area contributed by atoms with Crippen LogP contribution in [0.25, 0.3) is 21.3 Å². The first-order valence-corrected chi connectivity index (χ1v) is 10.9. The van der Waals surface area contributed by atoms with E-state index in [1.165, 1.54) is 17.6 Å². The van der Waals surface area contributed by atoms with Gasteiger partial charge in [-0.15, -0.1) is 11.3 Å². The number of rotatable bonds is 5. The zero-order valence-electron chi connectivity index (χ0n) is 15.1. The van der Waals surface area contributed by atoms with E-state index in [1.807, 2.05) is 30.3 Å². The number of benzene rings is 2. The Hall–Kier alpha value is -2.58. The van der Waals surface area contributed by atoms with Crippen LogP contribution in [-0.2, 0) is 9.84 Å². The highest BCUT2D eigenvalue weighted by Gasteiger charge is 2.29. The maximum atomic E-state index is 12.2. The number of primary amides is 1. The van der Waals surface area contributed by atoms with Gasteiger partial charge in [-0.2, -0.15) is 0 Å². The van der Waals surface area contributed by atoms with Gasteiger partial charge < -0.3 is 5.73 Å². The molecule has 0 radical (unpaired) electrons. The highest BCUT2D eigenvalue weighted by atomic mass is 32.2. The fourth-order valence-electron chi connectivity index (χ4n) is 2.85. The van der Waals surface area contributed by atoms with E-state index in [2.05, 4.69) is 9.98 Å². The minimum atomic E-state index is -3.38. The molecule has 0 saturated heterocycles. The number of aromatic nitrogens is 1. The number of carbonyl (C=O) groups is 1. The molecule has 8 heteroatoms. The van der Waals surface area contributed by atoms with E-state index in [-0.39, 0.29) is 0 Å². The highest BCUT2D eigenvalue weighted by molar-refractivity contribution is 7.91. The molecule has 0 fully saturated rings. The van der Waals surface area contributed by atoms with Crippen molar-refractivity contribution in [3.8, 4) is 11.1 Å². The number of hydrogen-bond acceptors (Lipinski definition) is 6. The fourth-order valence-corrected chi connectivity index (χ4v) is 5.71. The molecule has 2 aromatic carbocycles. The van der Waals surface area contributed by atoms with Crippen LogP contribution in [0.3, 0.4) is 0 Å². The summed E-state index contributed by atoms with van der Waals surface area (Å²) < 4.78 is 25.4. The summed E-state index contributed by atoms with van der Waals surface area (Å²) in [6.45, 7) is 1.70. The van der Waals surface area contributed by atoms with Crippen LogP contribution in [0.2, 0.25) is 0 Å². The van der Waals surface area contributed by atoms with Gasteiger partial charge in [0.25, 0.3) is 0 Å². The molecule has 0 aliphatic carbocycles. The van der Waals surface area contributed by atoms with E-state index in [0.717, 1.165) is 21.3 Å². The first-order chi connectivity index (χ1) is 12.7. The van der Waals surface area contributed by atoms with Gasteiger partial charge in [0.1, 0.15) is 10.3 Å². The summed E-state index contributed by atoms with van der Waals surface area (Å²) in [6.07, 6.45) is 1.20. The lowest BCUT2D eigenvalue weighted by molar-refractivity contribution is 0.100. The summed E-state index contributed by atoms with van der Waals surface area (Å²) in [6, 6.07) is 12.8. The summed E-state index contributed by atoms with van der Waals surface area (Å²) in [4.78, 5) is 19.8. The zero-order chi connectivity index (χ0) is 19.8. The molecular weight excluding hydrogens is 382 g/mol. The summed E-state index contributed by atoms with van der Waals surface area (Å²) in [5.41, 5.74) is 8.86. The summed E-state index contributed by atoms with van der Waals surface area (Å²) in [5, 5.41) is -0.324. The molecule has 27 heavy (non-hydrogen) atoms. The normalized spacial score (nSPS) is 13.7. The lowest BCUT2D eigenvalue weighted by atomic mass is 10.0. The molecule has 6 nitrogen and oxygen atoms in total. The fraction of sp³-hybridized carbons (Fsp3) is 0.211. The van der Waals surface area contributed by atoms with Crippen molar-refractivity contribution in [3.05, 3.63) is 53.0 Å². The van der Waals surface area contributed by atoms with E-state index < -0.39 is 21.0 Å². The minimum absolute atomic E-state index is 0.449. The maximum Gasteiger partial charge on any atom is 0.248 e. The summed E-state index contributed by atoms with van der Waals surface area (Å²) >= 11 is 1.35. The topological polar surface area (TPSA) is 102 Å². The third-order valence-electron chi connectivity index (χ3n) is 4.29. The second-order valence-corrected chi connectivity index (χ2v) is 9.44. The van der Waals surface area contributed by atoms with Crippen molar-refractivity contribution in [2.45, 2.75) is 12.2 Å². The Balaban J connectivity index is 2.05. The second-order valence-electron chi connectivity index (χ2n) is 6.25. The van der Waals surface area contributed by atoms with E-state index in [0.29, 0.717) is 16.3 Å². The molecule has 0 spiro atoms. The van der Waals surface area contributed by atoms with Crippen molar-refractivity contribution in [1.82, 2.24) is 4.98 Å². The van der Waals surface area contributed by atoms with Gasteiger partial charge in [-0.1, -0.05) is 18.2 Å². The van der Waals surface area contributed by atoms with Gasteiger partial charge in [0.05, 0.1) is 10.2 Å². The number of amides is 1. The Morgan fingerprint density at radius 3 is 2.33 bits per heavy atom. The van der Waals surface area contributed by atoms with Gasteiger partial charge in [0.2, 0.25) is 5.91 Å². The maximum absolute atomic E-state index is 12.2. The van der Waals surface area contributed by atoms with Crippen LogP contribution in [0.5, 0.6) is 0 Å². The number of sulfone groups is 1. The number of aliphatic imine (C=N–C) groups is 1. The first kappa shape index (κ1) is 19.2. The predicted octanol–water partition coefficient (Wildman–Crippen LogP) is 3.24. The summed E-state index contributed by atoms with van der Waals surface area (Å²) in [5.74, 6) is -0.469. The average molecular weight is 402 g/mol. The monoisotopic (exact) mass is 401 g/mol. The van der Waals surface area contributed by atoms with E-state index in [9.17, 15) is 13.2 Å². The van der Waals surface area contributed by atoms with E-state index in [4.69, 9.17) is 5.73 Å². The molecule has 140 valence electrons.